The van der Waals surface area contributed by atoms with Gasteiger partial charge in [-0.05, 0) is 35.8 Å². The molecule has 1 aliphatic heterocycles. The molecule has 1 aromatic rings. The Hall–Kier alpha value is -0.740. The first-order valence-corrected chi connectivity index (χ1v) is 8.35. The minimum atomic E-state index is -3.69. The highest BCUT2D eigenvalue weighted by Gasteiger charge is 2.35. The topological polar surface area (TPSA) is 97.6 Å². The maximum absolute atomic E-state index is 12.8. The third-order valence-electron chi connectivity index (χ3n) is 3.09. The molecule has 2 rings (SSSR count). The molecule has 0 saturated carbocycles. The van der Waals surface area contributed by atoms with Crippen molar-refractivity contribution >= 4 is 31.8 Å². The molecule has 1 saturated heterocycles. The van der Waals surface area contributed by atoms with Gasteiger partial charge in [0.15, 0.2) is 5.82 Å². The standard InChI is InChI=1S/C11H17BrN4O3S/c1-7-6-19-8(2)5-16(7)20(17,18)10-3-9(12)4-14-11(10)15-13/h3-4,7-8H,5-6,13H2,1-2H3,(H,14,15). The van der Waals surface area contributed by atoms with Gasteiger partial charge >= 0.3 is 0 Å². The van der Waals surface area contributed by atoms with Crippen LogP contribution >= 0.6 is 15.9 Å². The molecule has 2 heterocycles. The Labute approximate surface area is 126 Å². The fraction of sp³-hybridized carbons (Fsp3) is 0.545. The van der Waals surface area contributed by atoms with Gasteiger partial charge in [-0.3, -0.25) is 0 Å². The summed E-state index contributed by atoms with van der Waals surface area (Å²) in [5.41, 5.74) is 2.33. The number of anilines is 1. The number of morpholine rings is 1. The van der Waals surface area contributed by atoms with Crippen molar-refractivity contribution in [3.63, 3.8) is 0 Å². The van der Waals surface area contributed by atoms with E-state index in [-0.39, 0.29) is 22.9 Å². The lowest BCUT2D eigenvalue weighted by atomic mass is 10.2. The lowest BCUT2D eigenvalue weighted by Crippen LogP contribution is -2.50. The fourth-order valence-electron chi connectivity index (χ4n) is 2.06. The number of ether oxygens (including phenoxy) is 1. The first kappa shape index (κ1) is 15.6. The Morgan fingerprint density at radius 2 is 2.25 bits per heavy atom. The molecule has 0 aromatic carbocycles. The number of nitrogens with two attached hydrogens (primary N) is 1. The van der Waals surface area contributed by atoms with E-state index in [1.807, 2.05) is 13.8 Å². The molecule has 0 spiro atoms. The zero-order valence-corrected chi connectivity index (χ0v) is 13.6. The molecule has 7 nitrogen and oxygen atoms in total. The van der Waals surface area contributed by atoms with Gasteiger partial charge < -0.3 is 10.2 Å². The molecule has 2 unspecified atom stereocenters. The maximum atomic E-state index is 12.8. The molecule has 0 amide bonds. The third kappa shape index (κ3) is 2.96. The van der Waals surface area contributed by atoms with Crippen LogP contribution in [0.1, 0.15) is 13.8 Å². The number of hydrazine groups is 1. The molecule has 0 bridgehead atoms. The van der Waals surface area contributed by atoms with Crippen LogP contribution in [0.25, 0.3) is 0 Å². The quantitative estimate of drug-likeness (QED) is 0.611. The van der Waals surface area contributed by atoms with E-state index >= 15 is 0 Å². The molecular weight excluding hydrogens is 348 g/mol. The summed E-state index contributed by atoms with van der Waals surface area (Å²) >= 11 is 3.23. The van der Waals surface area contributed by atoms with Crippen LogP contribution in [0, 0.1) is 0 Å². The van der Waals surface area contributed by atoms with E-state index < -0.39 is 10.0 Å². The summed E-state index contributed by atoms with van der Waals surface area (Å²) in [7, 11) is -3.69. The van der Waals surface area contributed by atoms with Gasteiger partial charge in [-0.25, -0.2) is 19.2 Å². The highest BCUT2D eigenvalue weighted by atomic mass is 79.9. The zero-order valence-electron chi connectivity index (χ0n) is 11.2. The number of sulfonamides is 1. The highest BCUT2D eigenvalue weighted by molar-refractivity contribution is 9.10. The van der Waals surface area contributed by atoms with Gasteiger partial charge in [-0.2, -0.15) is 4.31 Å². The van der Waals surface area contributed by atoms with Gasteiger partial charge in [-0.1, -0.05) is 0 Å². The number of pyridine rings is 1. The first-order valence-electron chi connectivity index (χ1n) is 6.12. The summed E-state index contributed by atoms with van der Waals surface area (Å²) < 4.78 is 33.0. The van der Waals surface area contributed by atoms with Gasteiger partial charge in [-0.15, -0.1) is 0 Å². The van der Waals surface area contributed by atoms with Crippen molar-refractivity contribution in [1.29, 1.82) is 0 Å². The van der Waals surface area contributed by atoms with Crippen molar-refractivity contribution in [2.45, 2.75) is 30.9 Å². The minimum Gasteiger partial charge on any atom is -0.375 e. The second-order valence-electron chi connectivity index (χ2n) is 4.71. The van der Waals surface area contributed by atoms with Crippen molar-refractivity contribution in [3.8, 4) is 0 Å². The summed E-state index contributed by atoms with van der Waals surface area (Å²) in [6.45, 7) is 4.33. The molecule has 1 aliphatic rings. The van der Waals surface area contributed by atoms with Crippen LogP contribution in [0.4, 0.5) is 5.82 Å². The van der Waals surface area contributed by atoms with E-state index in [0.29, 0.717) is 17.6 Å². The number of nitrogens with one attached hydrogen (secondary N) is 1. The Morgan fingerprint density at radius 3 is 2.90 bits per heavy atom. The van der Waals surface area contributed by atoms with Crippen LogP contribution in [0.3, 0.4) is 0 Å². The van der Waals surface area contributed by atoms with Crippen molar-refractivity contribution in [1.82, 2.24) is 9.29 Å². The Balaban J connectivity index is 2.46. The first-order chi connectivity index (χ1) is 9.36. The van der Waals surface area contributed by atoms with E-state index in [0.717, 1.165) is 0 Å². The molecule has 2 atom stereocenters. The summed E-state index contributed by atoms with van der Waals surface area (Å²) in [5.74, 6) is 5.48. The minimum absolute atomic E-state index is 0.0512. The lowest BCUT2D eigenvalue weighted by molar-refractivity contribution is -0.0170. The second-order valence-corrected chi connectivity index (χ2v) is 7.49. The van der Waals surface area contributed by atoms with E-state index in [1.165, 1.54) is 16.6 Å². The maximum Gasteiger partial charge on any atom is 0.247 e. The van der Waals surface area contributed by atoms with Crippen molar-refractivity contribution in [2.24, 2.45) is 5.84 Å². The van der Waals surface area contributed by atoms with E-state index in [2.05, 4.69) is 26.3 Å². The van der Waals surface area contributed by atoms with Gasteiger partial charge in [0.1, 0.15) is 4.90 Å². The van der Waals surface area contributed by atoms with Gasteiger partial charge in [0.25, 0.3) is 0 Å². The molecule has 0 aliphatic carbocycles. The number of aromatic nitrogens is 1. The monoisotopic (exact) mass is 364 g/mol. The molecule has 9 heteroatoms. The fourth-order valence-corrected chi connectivity index (χ4v) is 4.37. The van der Waals surface area contributed by atoms with Crippen molar-refractivity contribution in [3.05, 3.63) is 16.7 Å². The number of nitrogen functional groups attached to an aromatic ring is 1. The van der Waals surface area contributed by atoms with Crippen LogP contribution in [0.2, 0.25) is 0 Å². The van der Waals surface area contributed by atoms with Gasteiger partial charge in [0.2, 0.25) is 10.0 Å². The zero-order chi connectivity index (χ0) is 14.9. The van der Waals surface area contributed by atoms with Crippen molar-refractivity contribution in [2.75, 3.05) is 18.6 Å². The van der Waals surface area contributed by atoms with E-state index in [4.69, 9.17) is 10.6 Å². The van der Waals surface area contributed by atoms with Crippen LogP contribution < -0.4 is 11.3 Å². The summed E-state index contributed by atoms with van der Waals surface area (Å²) in [6, 6.07) is 1.26. The lowest BCUT2D eigenvalue weighted by Gasteiger charge is -2.35. The van der Waals surface area contributed by atoms with Crippen LogP contribution in [0.15, 0.2) is 21.6 Å². The predicted molar refractivity (Wildman–Crippen MR) is 78.5 cm³/mol. The number of hydrogen-bond donors (Lipinski definition) is 2. The smallest absolute Gasteiger partial charge is 0.247 e. The number of hydrogen-bond acceptors (Lipinski definition) is 6. The number of rotatable bonds is 3. The Kier molecular flexibility index (Phi) is 4.65. The summed E-state index contributed by atoms with van der Waals surface area (Å²) in [6.07, 6.45) is 1.34. The SMILES string of the molecule is CC1CN(S(=O)(=O)c2cc(Br)cnc2NN)C(C)CO1. The van der Waals surface area contributed by atoms with Crippen LogP contribution in [-0.4, -0.2) is 43.0 Å². The molecule has 1 fully saturated rings. The number of halogens is 1. The molecule has 20 heavy (non-hydrogen) atoms. The predicted octanol–water partition coefficient (Wildman–Crippen LogP) is 0.928. The molecule has 1 aromatic heterocycles. The molecular formula is C11H17BrN4O3S. The van der Waals surface area contributed by atoms with Crippen LogP contribution in [-0.2, 0) is 14.8 Å². The molecule has 3 N–H and O–H groups in total. The molecule has 112 valence electrons. The van der Waals surface area contributed by atoms with E-state index in [9.17, 15) is 8.42 Å². The summed E-state index contributed by atoms with van der Waals surface area (Å²) in [4.78, 5) is 4.03. The Bertz CT molecular complexity index is 595. The largest absolute Gasteiger partial charge is 0.375 e. The van der Waals surface area contributed by atoms with Crippen molar-refractivity contribution < 1.29 is 13.2 Å². The Morgan fingerprint density at radius 1 is 1.55 bits per heavy atom. The third-order valence-corrected chi connectivity index (χ3v) is 5.52. The average Bonchev–Trinajstić information content (AvgIpc) is 2.41. The van der Waals surface area contributed by atoms with Gasteiger partial charge in [0, 0.05) is 23.3 Å². The van der Waals surface area contributed by atoms with Crippen LogP contribution in [0.5, 0.6) is 0 Å². The highest BCUT2D eigenvalue weighted by Crippen LogP contribution is 2.28. The second kappa shape index (κ2) is 5.94. The molecule has 0 radical (unpaired) electrons. The summed E-state index contributed by atoms with van der Waals surface area (Å²) in [5, 5.41) is 0. The van der Waals surface area contributed by atoms with Gasteiger partial charge in [0.05, 0.1) is 12.7 Å². The van der Waals surface area contributed by atoms with E-state index in [1.54, 1.807) is 0 Å². The number of nitrogens with zero attached hydrogens (tertiary/aromatic N) is 2. The normalized spacial score (nSPS) is 24.6. The average molecular weight is 365 g/mol.